The molecule has 2 aromatic carbocycles. The summed E-state index contributed by atoms with van der Waals surface area (Å²) in [5, 5.41) is 0. The molecule has 0 fully saturated rings. The minimum absolute atomic E-state index is 0.212. The predicted octanol–water partition coefficient (Wildman–Crippen LogP) is 3.80. The number of carbonyl (C=O) groups is 2. The van der Waals surface area contributed by atoms with E-state index in [1.54, 1.807) is 4.90 Å². The smallest absolute Gasteiger partial charge is 0.410 e. The summed E-state index contributed by atoms with van der Waals surface area (Å²) in [5.74, 6) is 0. The summed E-state index contributed by atoms with van der Waals surface area (Å²) in [6.07, 6.45) is 0.701. The van der Waals surface area contributed by atoms with E-state index in [9.17, 15) is 9.59 Å². The molecule has 120 valence electrons. The lowest BCUT2D eigenvalue weighted by Crippen LogP contribution is -2.38. The van der Waals surface area contributed by atoms with Gasteiger partial charge in [0.05, 0.1) is 0 Å². The van der Waals surface area contributed by atoms with Crippen molar-refractivity contribution < 1.29 is 14.3 Å². The van der Waals surface area contributed by atoms with Gasteiger partial charge in [-0.05, 0) is 18.1 Å². The number of hydrogen-bond acceptors (Lipinski definition) is 3. The summed E-state index contributed by atoms with van der Waals surface area (Å²) in [6.45, 7) is 2.49. The number of rotatable bonds is 7. The molecular formula is C19H21NO3. The van der Waals surface area contributed by atoms with Gasteiger partial charge in [0, 0.05) is 19.0 Å². The summed E-state index contributed by atoms with van der Waals surface area (Å²) >= 11 is 0. The van der Waals surface area contributed by atoms with Gasteiger partial charge in [-0.2, -0.15) is 0 Å². The number of aldehydes is 1. The van der Waals surface area contributed by atoms with Crippen molar-refractivity contribution in [3.05, 3.63) is 71.8 Å². The number of hydrogen-bond donors (Lipinski definition) is 0. The number of benzene rings is 2. The predicted molar refractivity (Wildman–Crippen MR) is 88.8 cm³/mol. The molecule has 0 aromatic heterocycles. The van der Waals surface area contributed by atoms with Crippen LogP contribution in [0.1, 0.15) is 24.5 Å². The highest BCUT2D eigenvalue weighted by atomic mass is 16.6. The largest absolute Gasteiger partial charge is 0.445 e. The van der Waals surface area contributed by atoms with E-state index in [1.807, 2.05) is 67.6 Å². The minimum Gasteiger partial charge on any atom is -0.445 e. The van der Waals surface area contributed by atoms with Crippen molar-refractivity contribution in [3.8, 4) is 0 Å². The zero-order valence-corrected chi connectivity index (χ0v) is 13.2. The monoisotopic (exact) mass is 311 g/mol. The molecule has 0 aliphatic rings. The minimum atomic E-state index is -0.410. The van der Waals surface area contributed by atoms with E-state index in [2.05, 4.69) is 0 Å². The van der Waals surface area contributed by atoms with Crippen molar-refractivity contribution in [2.45, 2.75) is 32.5 Å². The fourth-order valence-corrected chi connectivity index (χ4v) is 2.25. The highest BCUT2D eigenvalue weighted by Gasteiger charge is 2.21. The van der Waals surface area contributed by atoms with Gasteiger partial charge in [-0.15, -0.1) is 0 Å². The Bertz CT molecular complexity index is 613. The van der Waals surface area contributed by atoms with Crippen LogP contribution in [0.4, 0.5) is 4.79 Å². The molecule has 0 spiro atoms. The van der Waals surface area contributed by atoms with Crippen LogP contribution in [0, 0.1) is 0 Å². The summed E-state index contributed by atoms with van der Waals surface area (Å²) in [7, 11) is 0. The molecule has 0 saturated heterocycles. The van der Waals surface area contributed by atoms with Gasteiger partial charge in [0.15, 0.2) is 0 Å². The Hall–Kier alpha value is -2.62. The van der Waals surface area contributed by atoms with Gasteiger partial charge in [0.1, 0.15) is 12.9 Å². The first kappa shape index (κ1) is 16.7. The Balaban J connectivity index is 2.03. The van der Waals surface area contributed by atoms with Crippen LogP contribution in [0.5, 0.6) is 0 Å². The first-order chi connectivity index (χ1) is 11.2. The average molecular weight is 311 g/mol. The Labute approximate surface area is 136 Å². The third kappa shape index (κ3) is 5.25. The molecule has 4 nitrogen and oxygen atoms in total. The Morgan fingerprint density at radius 1 is 1.04 bits per heavy atom. The SMILES string of the molecule is CC(CC=O)N(Cc1ccccc1)C(=O)OCc1ccccc1. The molecule has 0 radical (unpaired) electrons. The van der Waals surface area contributed by atoms with Gasteiger partial charge in [-0.3, -0.25) is 0 Å². The molecule has 1 amide bonds. The van der Waals surface area contributed by atoms with Crippen LogP contribution < -0.4 is 0 Å². The molecule has 1 atom stereocenters. The summed E-state index contributed by atoms with van der Waals surface area (Å²) < 4.78 is 5.40. The quantitative estimate of drug-likeness (QED) is 0.731. The topological polar surface area (TPSA) is 46.6 Å². The average Bonchev–Trinajstić information content (AvgIpc) is 2.59. The number of ether oxygens (including phenoxy) is 1. The fourth-order valence-electron chi connectivity index (χ4n) is 2.25. The molecule has 23 heavy (non-hydrogen) atoms. The van der Waals surface area contributed by atoms with Crippen LogP contribution in [0.3, 0.4) is 0 Å². The second-order valence-corrected chi connectivity index (χ2v) is 5.41. The van der Waals surface area contributed by atoms with E-state index in [1.165, 1.54) is 0 Å². The van der Waals surface area contributed by atoms with Crippen LogP contribution in [-0.4, -0.2) is 23.3 Å². The van der Waals surface area contributed by atoms with E-state index in [0.717, 1.165) is 17.4 Å². The van der Waals surface area contributed by atoms with E-state index >= 15 is 0 Å². The third-order valence-corrected chi connectivity index (χ3v) is 3.60. The van der Waals surface area contributed by atoms with Crippen molar-refractivity contribution in [1.82, 2.24) is 4.90 Å². The third-order valence-electron chi connectivity index (χ3n) is 3.60. The van der Waals surface area contributed by atoms with Gasteiger partial charge >= 0.3 is 6.09 Å². The zero-order chi connectivity index (χ0) is 16.5. The van der Waals surface area contributed by atoms with Gasteiger partial charge in [-0.1, -0.05) is 60.7 Å². The van der Waals surface area contributed by atoms with Gasteiger partial charge in [0.25, 0.3) is 0 Å². The molecule has 0 bridgehead atoms. The van der Waals surface area contributed by atoms with Crippen molar-refractivity contribution in [2.24, 2.45) is 0 Å². The van der Waals surface area contributed by atoms with Gasteiger partial charge in [0.2, 0.25) is 0 Å². The Kier molecular flexibility index (Phi) is 6.36. The standard InChI is InChI=1S/C19H21NO3/c1-16(12-13-21)20(14-17-8-4-2-5-9-17)19(22)23-15-18-10-6-3-7-11-18/h2-11,13,16H,12,14-15H2,1H3. The molecule has 0 aliphatic carbocycles. The fraction of sp³-hybridized carbons (Fsp3) is 0.263. The molecule has 2 rings (SSSR count). The zero-order valence-electron chi connectivity index (χ0n) is 13.2. The van der Waals surface area contributed by atoms with Crippen molar-refractivity contribution >= 4 is 12.4 Å². The molecule has 0 heterocycles. The van der Waals surface area contributed by atoms with Crippen molar-refractivity contribution in [1.29, 1.82) is 0 Å². The van der Waals surface area contributed by atoms with Crippen LogP contribution in [0.25, 0.3) is 0 Å². The normalized spacial score (nSPS) is 11.5. The van der Waals surface area contributed by atoms with E-state index in [0.29, 0.717) is 6.54 Å². The van der Waals surface area contributed by atoms with Crippen molar-refractivity contribution in [3.63, 3.8) is 0 Å². The van der Waals surface area contributed by atoms with Crippen LogP contribution >= 0.6 is 0 Å². The highest BCUT2D eigenvalue weighted by Crippen LogP contribution is 2.13. The molecule has 4 heteroatoms. The summed E-state index contributed by atoms with van der Waals surface area (Å²) in [5.41, 5.74) is 1.94. The maximum absolute atomic E-state index is 12.4. The molecule has 1 unspecified atom stereocenters. The molecule has 0 saturated carbocycles. The first-order valence-electron chi connectivity index (χ1n) is 7.65. The number of carbonyl (C=O) groups excluding carboxylic acids is 2. The number of amides is 1. The van der Waals surface area contributed by atoms with Gasteiger partial charge in [-0.25, -0.2) is 4.79 Å². The second-order valence-electron chi connectivity index (χ2n) is 5.41. The van der Waals surface area contributed by atoms with Crippen LogP contribution in [0.15, 0.2) is 60.7 Å². The second kappa shape index (κ2) is 8.73. The molecule has 2 aromatic rings. The van der Waals surface area contributed by atoms with Crippen LogP contribution in [-0.2, 0) is 22.7 Å². The lowest BCUT2D eigenvalue weighted by atomic mass is 10.1. The highest BCUT2D eigenvalue weighted by molar-refractivity contribution is 5.68. The van der Waals surface area contributed by atoms with Crippen molar-refractivity contribution in [2.75, 3.05) is 0 Å². The first-order valence-corrected chi connectivity index (χ1v) is 7.65. The maximum atomic E-state index is 12.4. The lowest BCUT2D eigenvalue weighted by molar-refractivity contribution is -0.108. The van der Waals surface area contributed by atoms with Gasteiger partial charge < -0.3 is 14.4 Å². The maximum Gasteiger partial charge on any atom is 0.410 e. The molecular weight excluding hydrogens is 290 g/mol. The van der Waals surface area contributed by atoms with E-state index in [4.69, 9.17) is 4.74 Å². The van der Waals surface area contributed by atoms with E-state index < -0.39 is 6.09 Å². The summed E-state index contributed by atoms with van der Waals surface area (Å²) in [4.78, 5) is 24.8. The Morgan fingerprint density at radius 2 is 1.61 bits per heavy atom. The summed E-state index contributed by atoms with van der Waals surface area (Å²) in [6, 6.07) is 19.0. The lowest BCUT2D eigenvalue weighted by Gasteiger charge is -2.27. The molecule has 0 N–H and O–H groups in total. The van der Waals surface area contributed by atoms with Crippen LogP contribution in [0.2, 0.25) is 0 Å². The Morgan fingerprint density at radius 3 is 2.17 bits per heavy atom. The van der Waals surface area contributed by atoms with E-state index in [-0.39, 0.29) is 19.1 Å². The number of nitrogens with zero attached hydrogens (tertiary/aromatic N) is 1. The molecule has 0 aliphatic heterocycles.